The highest BCUT2D eigenvalue weighted by Crippen LogP contribution is 2.34. The number of carbonyl (C=O) groups excluding carboxylic acids is 1. The summed E-state index contributed by atoms with van der Waals surface area (Å²) >= 11 is 30.6. The Kier molecular flexibility index (Phi) is 7.78. The van der Waals surface area contributed by atoms with Crippen molar-refractivity contribution in [2.75, 3.05) is 5.32 Å². The summed E-state index contributed by atoms with van der Waals surface area (Å²) < 4.78 is -1.85. The van der Waals surface area contributed by atoms with Gasteiger partial charge in [0.05, 0.1) is 16.6 Å². The zero-order chi connectivity index (χ0) is 21.7. The highest BCUT2D eigenvalue weighted by molar-refractivity contribution is 6.68. The minimum atomic E-state index is -1.85. The summed E-state index contributed by atoms with van der Waals surface area (Å²) in [5.41, 5.74) is 2.09. The van der Waals surface area contributed by atoms with Crippen LogP contribution in [0.2, 0.25) is 10.0 Å². The van der Waals surface area contributed by atoms with Gasteiger partial charge in [-0.1, -0.05) is 119 Å². The third-order valence-electron chi connectivity index (χ3n) is 4.37. The molecule has 156 valence electrons. The number of hydrogen-bond acceptors (Lipinski definition) is 2. The average molecular weight is 503 g/mol. The number of alkyl halides is 3. The predicted octanol–water partition coefficient (Wildman–Crippen LogP) is 7.05. The Morgan fingerprint density at radius 1 is 0.800 bits per heavy atom. The molecule has 0 fully saturated rings. The molecule has 0 aliphatic carbocycles. The van der Waals surface area contributed by atoms with Gasteiger partial charge in [-0.25, -0.2) is 0 Å². The molecule has 0 bridgehead atoms. The maximum Gasteiger partial charge on any atom is 0.233 e. The van der Waals surface area contributed by atoms with Crippen LogP contribution in [0, 0.1) is 0 Å². The molecule has 1 amide bonds. The van der Waals surface area contributed by atoms with E-state index in [1.54, 1.807) is 18.2 Å². The maximum atomic E-state index is 13.3. The van der Waals surface area contributed by atoms with Crippen LogP contribution in [0.4, 0.5) is 5.69 Å². The summed E-state index contributed by atoms with van der Waals surface area (Å²) in [6.07, 6.45) is -1.05. The normalized spacial score (nSPS) is 12.5. The Hall–Kier alpha value is -1.62. The molecule has 3 nitrogen and oxygen atoms in total. The van der Waals surface area contributed by atoms with Crippen molar-refractivity contribution >= 4 is 69.6 Å². The van der Waals surface area contributed by atoms with Gasteiger partial charge in [0.15, 0.2) is 0 Å². The van der Waals surface area contributed by atoms with Gasteiger partial charge in [0, 0.05) is 5.02 Å². The van der Waals surface area contributed by atoms with E-state index in [-0.39, 0.29) is 5.91 Å². The monoisotopic (exact) mass is 500 g/mol. The van der Waals surface area contributed by atoms with E-state index >= 15 is 0 Å². The largest absolute Gasteiger partial charge is 0.361 e. The summed E-state index contributed by atoms with van der Waals surface area (Å²) in [5.74, 6) is -0.925. The smallest absolute Gasteiger partial charge is 0.233 e. The molecule has 8 heteroatoms. The summed E-state index contributed by atoms with van der Waals surface area (Å²) in [6.45, 7) is 0. The van der Waals surface area contributed by atoms with Crippen molar-refractivity contribution in [2.24, 2.45) is 0 Å². The predicted molar refractivity (Wildman–Crippen MR) is 127 cm³/mol. The Morgan fingerprint density at radius 2 is 1.33 bits per heavy atom. The second-order valence-electron chi connectivity index (χ2n) is 6.51. The molecule has 0 spiro atoms. The van der Waals surface area contributed by atoms with E-state index in [0.717, 1.165) is 11.1 Å². The standard InChI is InChI=1S/C22H17Cl5N2O/c23-16-11-12-18(17(24)13-16)28-21(22(25,26)27)29-20(30)19(14-7-3-1-4-8-14)15-9-5-2-6-10-15/h1-13,19,21,28H,(H,29,30)/t21-/m0/s1. The van der Waals surface area contributed by atoms with Crippen molar-refractivity contribution in [1.29, 1.82) is 0 Å². The lowest BCUT2D eigenvalue weighted by Crippen LogP contribution is -2.50. The Morgan fingerprint density at radius 3 is 1.80 bits per heavy atom. The van der Waals surface area contributed by atoms with Crippen molar-refractivity contribution < 1.29 is 4.79 Å². The molecule has 0 saturated carbocycles. The van der Waals surface area contributed by atoms with E-state index in [2.05, 4.69) is 10.6 Å². The first-order valence-electron chi connectivity index (χ1n) is 8.94. The number of carbonyl (C=O) groups is 1. The molecule has 0 radical (unpaired) electrons. The fourth-order valence-corrected chi connectivity index (χ4v) is 3.76. The van der Waals surface area contributed by atoms with Crippen LogP contribution in [-0.2, 0) is 4.79 Å². The Bertz CT molecular complexity index is 954. The summed E-state index contributed by atoms with van der Waals surface area (Å²) in [7, 11) is 0. The SMILES string of the molecule is O=C(N[C@H](Nc1ccc(Cl)cc1Cl)C(Cl)(Cl)Cl)C(c1ccccc1)c1ccccc1. The molecule has 2 N–H and O–H groups in total. The molecule has 3 aromatic rings. The summed E-state index contributed by atoms with van der Waals surface area (Å²) in [5, 5.41) is 6.59. The molecule has 0 saturated heterocycles. The molecule has 0 aliphatic rings. The van der Waals surface area contributed by atoms with E-state index in [1.165, 1.54) is 0 Å². The van der Waals surface area contributed by atoms with Gasteiger partial charge in [0.25, 0.3) is 0 Å². The number of rotatable bonds is 6. The van der Waals surface area contributed by atoms with E-state index in [1.807, 2.05) is 60.7 Å². The molecule has 30 heavy (non-hydrogen) atoms. The quantitative estimate of drug-likeness (QED) is 0.280. The van der Waals surface area contributed by atoms with E-state index in [0.29, 0.717) is 15.7 Å². The number of hydrogen-bond donors (Lipinski definition) is 2. The molecular weight excluding hydrogens is 486 g/mol. The van der Waals surface area contributed by atoms with Gasteiger partial charge < -0.3 is 10.6 Å². The first-order valence-corrected chi connectivity index (χ1v) is 10.8. The van der Waals surface area contributed by atoms with Crippen LogP contribution in [0.15, 0.2) is 78.9 Å². The van der Waals surface area contributed by atoms with Crippen LogP contribution < -0.4 is 10.6 Å². The van der Waals surface area contributed by atoms with Crippen molar-refractivity contribution in [3.63, 3.8) is 0 Å². The van der Waals surface area contributed by atoms with Gasteiger partial charge in [-0.2, -0.15) is 0 Å². The minimum Gasteiger partial charge on any atom is -0.361 e. The van der Waals surface area contributed by atoms with Gasteiger partial charge in [-0.3, -0.25) is 4.79 Å². The van der Waals surface area contributed by atoms with E-state index in [9.17, 15) is 4.79 Å². The zero-order valence-corrected chi connectivity index (χ0v) is 19.2. The van der Waals surface area contributed by atoms with E-state index < -0.39 is 15.9 Å². The zero-order valence-electron chi connectivity index (χ0n) is 15.5. The fraction of sp³-hybridized carbons (Fsp3) is 0.136. The second kappa shape index (κ2) is 10.1. The molecule has 0 aromatic heterocycles. The Labute approximate surface area is 200 Å². The van der Waals surface area contributed by atoms with Crippen LogP contribution >= 0.6 is 58.0 Å². The Balaban J connectivity index is 1.91. The third-order valence-corrected chi connectivity index (χ3v) is 5.58. The lowest BCUT2D eigenvalue weighted by molar-refractivity contribution is -0.122. The summed E-state index contributed by atoms with van der Waals surface area (Å²) in [6, 6.07) is 23.6. The second-order valence-corrected chi connectivity index (χ2v) is 9.72. The average Bonchev–Trinajstić information content (AvgIpc) is 2.70. The molecule has 0 heterocycles. The third kappa shape index (κ3) is 5.96. The van der Waals surface area contributed by atoms with Gasteiger partial charge in [0.1, 0.15) is 6.17 Å². The first kappa shape index (κ1) is 23.1. The van der Waals surface area contributed by atoms with Crippen molar-refractivity contribution in [2.45, 2.75) is 15.9 Å². The van der Waals surface area contributed by atoms with Crippen LogP contribution in [0.5, 0.6) is 0 Å². The van der Waals surface area contributed by atoms with Crippen LogP contribution in [0.3, 0.4) is 0 Å². The summed E-state index contributed by atoms with van der Waals surface area (Å²) in [4.78, 5) is 13.3. The molecule has 0 unspecified atom stereocenters. The molecular formula is C22H17Cl5N2O. The maximum absolute atomic E-state index is 13.3. The number of benzene rings is 3. The molecule has 3 rings (SSSR count). The van der Waals surface area contributed by atoms with Crippen LogP contribution in [0.1, 0.15) is 17.0 Å². The molecule has 3 aromatic carbocycles. The van der Waals surface area contributed by atoms with Crippen molar-refractivity contribution in [3.8, 4) is 0 Å². The number of nitrogens with one attached hydrogen (secondary N) is 2. The number of anilines is 1. The van der Waals surface area contributed by atoms with Crippen molar-refractivity contribution in [1.82, 2.24) is 5.32 Å². The highest BCUT2D eigenvalue weighted by Gasteiger charge is 2.36. The topological polar surface area (TPSA) is 41.1 Å². The van der Waals surface area contributed by atoms with Gasteiger partial charge in [0.2, 0.25) is 9.70 Å². The minimum absolute atomic E-state index is 0.332. The fourth-order valence-electron chi connectivity index (χ4n) is 2.97. The van der Waals surface area contributed by atoms with Gasteiger partial charge in [-0.05, 0) is 29.3 Å². The number of amides is 1. The van der Waals surface area contributed by atoms with Crippen LogP contribution in [0.25, 0.3) is 0 Å². The molecule has 0 aliphatic heterocycles. The first-order chi connectivity index (χ1) is 14.3. The van der Waals surface area contributed by atoms with E-state index in [4.69, 9.17) is 58.0 Å². The molecule has 1 atom stereocenters. The lowest BCUT2D eigenvalue weighted by Gasteiger charge is -2.30. The van der Waals surface area contributed by atoms with Gasteiger partial charge >= 0.3 is 0 Å². The number of halogens is 5. The van der Waals surface area contributed by atoms with Gasteiger partial charge in [-0.15, -0.1) is 0 Å². The lowest BCUT2D eigenvalue weighted by atomic mass is 9.90. The highest BCUT2D eigenvalue weighted by atomic mass is 35.6. The van der Waals surface area contributed by atoms with Crippen LogP contribution in [-0.4, -0.2) is 15.9 Å². The van der Waals surface area contributed by atoms with Crippen molar-refractivity contribution in [3.05, 3.63) is 100 Å².